The second kappa shape index (κ2) is 17.7. The number of nitrogens with one attached hydrogen (secondary N) is 2. The van der Waals surface area contributed by atoms with Crippen molar-refractivity contribution in [1.29, 1.82) is 0 Å². The molecule has 1 saturated heterocycles. The molecule has 0 bridgehead atoms. The van der Waals surface area contributed by atoms with Crippen LogP contribution in [0.4, 0.5) is 10.5 Å². The van der Waals surface area contributed by atoms with Crippen molar-refractivity contribution in [3.8, 4) is 0 Å². The van der Waals surface area contributed by atoms with Crippen LogP contribution in [0, 0.1) is 0 Å². The van der Waals surface area contributed by atoms with Crippen LogP contribution in [-0.2, 0) is 38.8 Å². The van der Waals surface area contributed by atoms with Crippen LogP contribution in [0.25, 0.3) is 0 Å². The minimum Gasteiger partial charge on any atom is -0.368 e. The van der Waals surface area contributed by atoms with Gasteiger partial charge in [-0.2, -0.15) is 0 Å². The third-order valence-corrected chi connectivity index (χ3v) is 8.77. The van der Waals surface area contributed by atoms with E-state index in [2.05, 4.69) is 10.6 Å². The van der Waals surface area contributed by atoms with Gasteiger partial charge in [-0.05, 0) is 35.2 Å². The van der Waals surface area contributed by atoms with Crippen molar-refractivity contribution in [2.24, 2.45) is 0 Å². The lowest BCUT2D eigenvalue weighted by Gasteiger charge is -2.48. The first-order chi connectivity index (χ1) is 23.3. The number of rotatable bonds is 14. The molecule has 0 aliphatic carbocycles. The predicted molar refractivity (Wildman–Crippen MR) is 189 cm³/mol. The zero-order valence-corrected chi connectivity index (χ0v) is 28.8. The molecule has 1 aliphatic heterocycles. The molecule has 1 fully saturated rings. The molecule has 0 radical (unpaired) electrons. The van der Waals surface area contributed by atoms with Crippen molar-refractivity contribution in [3.63, 3.8) is 0 Å². The van der Waals surface area contributed by atoms with E-state index in [0.29, 0.717) is 18.0 Å². The van der Waals surface area contributed by atoms with Gasteiger partial charge in [-0.15, -0.1) is 0 Å². The SMILES string of the molecule is CCCN1C(=O)[C@H](OCc2ccccc2)[C@H](OCc2ccccc2)[C@H](OCc2ccccc2)[C@H]1CNC(=O)Nc1c(Cl)cc(Cl)cc1Cl. The number of amides is 3. The lowest BCUT2D eigenvalue weighted by atomic mass is 9.91. The summed E-state index contributed by atoms with van der Waals surface area (Å²) in [6, 6.07) is 31.0. The maximum atomic E-state index is 14.3. The Hall–Kier alpha value is -3.63. The number of urea groups is 1. The van der Waals surface area contributed by atoms with E-state index in [1.165, 1.54) is 12.1 Å². The number of carbonyl (C=O) groups is 2. The van der Waals surface area contributed by atoms with Crippen LogP contribution in [0.3, 0.4) is 0 Å². The fraction of sp³-hybridized carbons (Fsp3) is 0.297. The maximum Gasteiger partial charge on any atom is 0.319 e. The number of ether oxygens (including phenoxy) is 3. The average Bonchev–Trinajstić information content (AvgIpc) is 3.09. The van der Waals surface area contributed by atoms with Gasteiger partial charge < -0.3 is 29.7 Å². The molecule has 0 spiro atoms. The maximum absolute atomic E-state index is 14.3. The Kier molecular flexibility index (Phi) is 13.1. The number of anilines is 1. The lowest BCUT2D eigenvalue weighted by Crippen LogP contribution is -2.68. The molecule has 0 aromatic heterocycles. The van der Waals surface area contributed by atoms with Crippen LogP contribution in [0.5, 0.6) is 0 Å². The number of likely N-dealkylation sites (tertiary alicyclic amines) is 1. The summed E-state index contributed by atoms with van der Waals surface area (Å²) in [5, 5.41) is 6.34. The van der Waals surface area contributed by atoms with E-state index in [1.54, 1.807) is 4.90 Å². The third-order valence-electron chi connectivity index (χ3n) is 7.95. The molecule has 1 heterocycles. The number of piperidine rings is 1. The highest BCUT2D eigenvalue weighted by atomic mass is 35.5. The number of nitrogens with zero attached hydrogens (tertiary/aromatic N) is 1. The number of halogens is 3. The van der Waals surface area contributed by atoms with Crippen molar-refractivity contribution in [1.82, 2.24) is 10.2 Å². The fourth-order valence-corrected chi connectivity index (χ4v) is 6.56. The molecule has 2 N–H and O–H groups in total. The van der Waals surface area contributed by atoms with E-state index in [-0.39, 0.29) is 48.0 Å². The second-order valence-corrected chi connectivity index (χ2v) is 12.7. The van der Waals surface area contributed by atoms with E-state index < -0.39 is 30.4 Å². The van der Waals surface area contributed by atoms with E-state index in [4.69, 9.17) is 49.0 Å². The largest absolute Gasteiger partial charge is 0.368 e. The zero-order chi connectivity index (χ0) is 33.9. The van der Waals surface area contributed by atoms with Crippen LogP contribution in [0.2, 0.25) is 15.1 Å². The molecule has 1 aliphatic rings. The molecule has 0 saturated carbocycles. The van der Waals surface area contributed by atoms with Crippen LogP contribution < -0.4 is 10.6 Å². The molecule has 8 nitrogen and oxygen atoms in total. The van der Waals surface area contributed by atoms with Gasteiger partial charge in [-0.25, -0.2) is 4.79 Å². The standard InChI is InChI=1S/C37H38Cl3N3O5/c1-2-18-43-31(21-41-37(45)42-32-29(39)19-28(38)20-30(32)40)33(46-22-25-12-6-3-7-13-25)34(47-23-26-14-8-4-9-15-26)35(36(43)44)48-24-27-16-10-5-11-17-27/h3-17,19-20,31,33-35H,2,18,21-24H2,1H3,(H2,41,42,45)/t31-,33-,34-,35-/m1/s1. The first-order valence-electron chi connectivity index (χ1n) is 15.8. The van der Waals surface area contributed by atoms with Gasteiger partial charge in [0.15, 0.2) is 6.10 Å². The highest BCUT2D eigenvalue weighted by molar-refractivity contribution is 6.42. The first-order valence-corrected chi connectivity index (χ1v) is 16.9. The summed E-state index contributed by atoms with van der Waals surface area (Å²) in [5.74, 6) is -0.235. The third kappa shape index (κ3) is 9.50. The van der Waals surface area contributed by atoms with Crippen LogP contribution >= 0.6 is 34.8 Å². The molecule has 252 valence electrons. The van der Waals surface area contributed by atoms with Crippen molar-refractivity contribution in [2.75, 3.05) is 18.4 Å². The molecule has 4 aromatic rings. The summed E-state index contributed by atoms with van der Waals surface area (Å²) >= 11 is 18.7. The second-order valence-electron chi connectivity index (χ2n) is 11.4. The molecular formula is C37H38Cl3N3O5. The topological polar surface area (TPSA) is 89.1 Å². The zero-order valence-electron chi connectivity index (χ0n) is 26.5. The number of hydrogen-bond acceptors (Lipinski definition) is 5. The Labute approximate surface area is 296 Å². The minimum absolute atomic E-state index is 0.0520. The van der Waals surface area contributed by atoms with Crippen LogP contribution in [0.1, 0.15) is 30.0 Å². The Morgan fingerprint density at radius 2 is 1.21 bits per heavy atom. The highest BCUT2D eigenvalue weighted by Crippen LogP contribution is 2.34. The first kappa shape index (κ1) is 35.7. The van der Waals surface area contributed by atoms with Gasteiger partial charge in [0.25, 0.3) is 5.91 Å². The molecule has 4 aromatic carbocycles. The highest BCUT2D eigenvalue weighted by Gasteiger charge is 2.50. The summed E-state index contributed by atoms with van der Waals surface area (Å²) in [6.45, 7) is 3.17. The summed E-state index contributed by atoms with van der Waals surface area (Å²) in [7, 11) is 0. The number of hydrogen-bond donors (Lipinski definition) is 2. The Balaban J connectivity index is 1.45. The minimum atomic E-state index is -0.960. The summed E-state index contributed by atoms with van der Waals surface area (Å²) in [5.41, 5.74) is 3.04. The van der Waals surface area contributed by atoms with Crippen molar-refractivity contribution >= 4 is 52.4 Å². The van der Waals surface area contributed by atoms with E-state index in [0.717, 1.165) is 16.7 Å². The quantitative estimate of drug-likeness (QED) is 0.138. The van der Waals surface area contributed by atoms with E-state index >= 15 is 0 Å². The van der Waals surface area contributed by atoms with Gasteiger partial charge in [-0.1, -0.05) is 133 Å². The van der Waals surface area contributed by atoms with Gasteiger partial charge >= 0.3 is 6.03 Å². The fourth-order valence-electron chi connectivity index (χ4n) is 5.64. The van der Waals surface area contributed by atoms with Crippen LogP contribution in [-0.4, -0.2) is 54.3 Å². The molecule has 11 heteroatoms. The van der Waals surface area contributed by atoms with E-state index in [9.17, 15) is 9.59 Å². The predicted octanol–water partition coefficient (Wildman–Crippen LogP) is 8.15. The lowest BCUT2D eigenvalue weighted by molar-refractivity contribution is -0.208. The molecular weight excluding hydrogens is 673 g/mol. The van der Waals surface area contributed by atoms with Gasteiger partial charge in [-0.3, -0.25) is 4.79 Å². The smallest absolute Gasteiger partial charge is 0.319 e. The Morgan fingerprint density at radius 1 is 0.729 bits per heavy atom. The van der Waals surface area contributed by atoms with Gasteiger partial charge in [0.05, 0.1) is 41.6 Å². The normalized spacial score (nSPS) is 19.2. The van der Waals surface area contributed by atoms with Gasteiger partial charge in [0, 0.05) is 18.1 Å². The average molecular weight is 711 g/mol. The monoisotopic (exact) mass is 709 g/mol. The molecule has 0 unspecified atom stereocenters. The van der Waals surface area contributed by atoms with E-state index in [1.807, 2.05) is 97.9 Å². The molecule has 4 atom stereocenters. The molecule has 3 amide bonds. The van der Waals surface area contributed by atoms with Crippen molar-refractivity contribution in [2.45, 2.75) is 57.5 Å². The Morgan fingerprint density at radius 3 is 1.71 bits per heavy atom. The summed E-state index contributed by atoms with van der Waals surface area (Å²) < 4.78 is 19.6. The molecule has 48 heavy (non-hydrogen) atoms. The summed E-state index contributed by atoms with van der Waals surface area (Å²) in [4.78, 5) is 29.3. The van der Waals surface area contributed by atoms with Gasteiger partial charge in [0.2, 0.25) is 0 Å². The van der Waals surface area contributed by atoms with Gasteiger partial charge in [0.1, 0.15) is 12.2 Å². The Bertz CT molecular complexity index is 1610. The number of benzene rings is 4. The van der Waals surface area contributed by atoms with Crippen molar-refractivity contribution < 1.29 is 23.8 Å². The van der Waals surface area contributed by atoms with Crippen LogP contribution in [0.15, 0.2) is 103 Å². The van der Waals surface area contributed by atoms with Crippen molar-refractivity contribution in [3.05, 3.63) is 135 Å². The summed E-state index contributed by atoms with van der Waals surface area (Å²) in [6.07, 6.45) is -1.76. The molecule has 5 rings (SSSR count). The number of carbonyl (C=O) groups excluding carboxylic acids is 2.